The van der Waals surface area contributed by atoms with Gasteiger partial charge in [-0.2, -0.15) is 0 Å². The summed E-state index contributed by atoms with van der Waals surface area (Å²) in [7, 11) is 1.37. The van der Waals surface area contributed by atoms with E-state index in [-0.39, 0.29) is 18.5 Å². The fraction of sp³-hybridized carbons (Fsp3) is 0.455. The van der Waals surface area contributed by atoms with Gasteiger partial charge in [-0.05, 0) is 17.7 Å². The van der Waals surface area contributed by atoms with E-state index in [9.17, 15) is 4.79 Å². The molecule has 0 radical (unpaired) electrons. The van der Waals surface area contributed by atoms with Crippen LogP contribution in [0.2, 0.25) is 0 Å². The van der Waals surface area contributed by atoms with Crippen LogP contribution in [-0.4, -0.2) is 23.2 Å². The smallest absolute Gasteiger partial charge is 0.308 e. The van der Waals surface area contributed by atoms with Crippen LogP contribution in [0.25, 0.3) is 0 Å². The second-order valence-electron chi connectivity index (χ2n) is 3.44. The molecule has 0 saturated carbocycles. The number of ether oxygens (including phenoxy) is 1. The summed E-state index contributed by atoms with van der Waals surface area (Å²) >= 11 is 0. The Bertz CT molecular complexity index is 338. The van der Waals surface area contributed by atoms with Crippen molar-refractivity contribution in [1.82, 2.24) is 4.98 Å². The van der Waals surface area contributed by atoms with Gasteiger partial charge in [-0.15, -0.1) is 0 Å². The topological polar surface area (TPSA) is 59.4 Å². The van der Waals surface area contributed by atoms with E-state index in [1.807, 2.05) is 0 Å². The first-order valence-electron chi connectivity index (χ1n) is 4.80. The van der Waals surface area contributed by atoms with Gasteiger partial charge in [-0.25, -0.2) is 0 Å². The van der Waals surface area contributed by atoms with Gasteiger partial charge in [0.05, 0.1) is 19.6 Å². The number of esters is 1. The molecule has 1 aromatic rings. The molecule has 1 heterocycles. The van der Waals surface area contributed by atoms with E-state index in [4.69, 9.17) is 5.11 Å². The predicted molar refractivity (Wildman–Crippen MR) is 55.0 cm³/mol. The van der Waals surface area contributed by atoms with Crippen molar-refractivity contribution in [3.63, 3.8) is 0 Å². The lowest BCUT2D eigenvalue weighted by Gasteiger charge is -2.08. The summed E-state index contributed by atoms with van der Waals surface area (Å²) in [5.41, 5.74) is 1.59. The van der Waals surface area contributed by atoms with Crippen LogP contribution >= 0.6 is 0 Å². The highest BCUT2D eigenvalue weighted by Crippen LogP contribution is 2.09. The van der Waals surface area contributed by atoms with Crippen molar-refractivity contribution in [2.75, 3.05) is 7.11 Å². The van der Waals surface area contributed by atoms with Crippen molar-refractivity contribution in [2.45, 2.75) is 20.0 Å². The number of aromatic nitrogens is 1. The number of aliphatic hydroxyl groups excluding tert-OH is 1. The minimum Gasteiger partial charge on any atom is -0.469 e. The molecule has 1 atom stereocenters. The number of hydrogen-bond donors (Lipinski definition) is 1. The quantitative estimate of drug-likeness (QED) is 0.749. The summed E-state index contributed by atoms with van der Waals surface area (Å²) < 4.78 is 4.62. The van der Waals surface area contributed by atoms with Gasteiger partial charge in [0.2, 0.25) is 0 Å². The maximum atomic E-state index is 11.2. The Balaban J connectivity index is 2.67. The van der Waals surface area contributed by atoms with E-state index in [1.165, 1.54) is 7.11 Å². The van der Waals surface area contributed by atoms with Crippen molar-refractivity contribution in [3.05, 3.63) is 29.6 Å². The van der Waals surface area contributed by atoms with E-state index >= 15 is 0 Å². The molecule has 0 unspecified atom stereocenters. The SMILES string of the molecule is COC(=O)[C@@H](C)Cc1cc(CO)ccn1. The third-order valence-corrected chi connectivity index (χ3v) is 2.18. The normalized spacial score (nSPS) is 12.2. The zero-order valence-electron chi connectivity index (χ0n) is 8.93. The van der Waals surface area contributed by atoms with Crippen molar-refractivity contribution in [2.24, 2.45) is 5.92 Å². The Morgan fingerprint density at radius 1 is 1.67 bits per heavy atom. The highest BCUT2D eigenvalue weighted by Gasteiger charge is 2.14. The number of hydrogen-bond acceptors (Lipinski definition) is 4. The van der Waals surface area contributed by atoms with Crippen LogP contribution in [-0.2, 0) is 22.6 Å². The highest BCUT2D eigenvalue weighted by atomic mass is 16.5. The third-order valence-electron chi connectivity index (χ3n) is 2.18. The molecule has 15 heavy (non-hydrogen) atoms. The number of nitrogens with zero attached hydrogens (tertiary/aromatic N) is 1. The minimum atomic E-state index is -0.244. The fourth-order valence-electron chi connectivity index (χ4n) is 1.34. The van der Waals surface area contributed by atoms with Crippen LogP contribution in [0.4, 0.5) is 0 Å². The molecular formula is C11H15NO3. The lowest BCUT2D eigenvalue weighted by atomic mass is 10.0. The standard InChI is InChI=1S/C11H15NO3/c1-8(11(14)15-2)5-10-6-9(7-13)3-4-12-10/h3-4,6,8,13H,5,7H2,1-2H3/t8-/m0/s1. The minimum absolute atomic E-state index is 0.0118. The van der Waals surface area contributed by atoms with Gasteiger partial charge in [-0.3, -0.25) is 9.78 Å². The Morgan fingerprint density at radius 2 is 2.40 bits per heavy atom. The molecule has 82 valence electrons. The lowest BCUT2D eigenvalue weighted by Crippen LogP contribution is -2.15. The predicted octanol–water partition coefficient (Wildman–Crippen LogP) is 0.925. The van der Waals surface area contributed by atoms with Gasteiger partial charge in [0.25, 0.3) is 0 Å². The summed E-state index contributed by atoms with van der Waals surface area (Å²) in [5.74, 6) is -0.456. The van der Waals surface area contributed by atoms with Crippen molar-refractivity contribution in [3.8, 4) is 0 Å². The molecular weight excluding hydrogens is 194 g/mol. The average molecular weight is 209 g/mol. The van der Waals surface area contributed by atoms with Crippen LogP contribution in [0.5, 0.6) is 0 Å². The Labute approximate surface area is 88.9 Å². The first-order chi connectivity index (χ1) is 7.17. The number of carbonyl (C=O) groups excluding carboxylic acids is 1. The second kappa shape index (κ2) is 5.46. The highest BCUT2D eigenvalue weighted by molar-refractivity contribution is 5.72. The Morgan fingerprint density at radius 3 is 3.00 bits per heavy atom. The second-order valence-corrected chi connectivity index (χ2v) is 3.44. The zero-order chi connectivity index (χ0) is 11.3. The molecule has 0 aromatic carbocycles. The Hall–Kier alpha value is -1.42. The van der Waals surface area contributed by atoms with Gasteiger partial charge in [0.15, 0.2) is 0 Å². The average Bonchev–Trinajstić information content (AvgIpc) is 2.28. The molecule has 0 saturated heterocycles. The summed E-state index contributed by atoms with van der Waals surface area (Å²) in [6.07, 6.45) is 2.16. The Kier molecular flexibility index (Phi) is 4.24. The van der Waals surface area contributed by atoms with Crippen LogP contribution in [0.15, 0.2) is 18.3 Å². The zero-order valence-corrected chi connectivity index (χ0v) is 8.93. The molecule has 0 fully saturated rings. The molecule has 1 N–H and O–H groups in total. The molecule has 1 rings (SSSR count). The van der Waals surface area contributed by atoms with Crippen molar-refractivity contribution in [1.29, 1.82) is 0 Å². The van der Waals surface area contributed by atoms with Crippen molar-refractivity contribution < 1.29 is 14.6 Å². The van der Waals surface area contributed by atoms with E-state index in [1.54, 1.807) is 25.3 Å². The van der Waals surface area contributed by atoms with Crippen LogP contribution in [0.1, 0.15) is 18.2 Å². The van der Waals surface area contributed by atoms with Crippen molar-refractivity contribution >= 4 is 5.97 Å². The number of aliphatic hydroxyl groups is 1. The maximum absolute atomic E-state index is 11.2. The molecule has 4 nitrogen and oxygen atoms in total. The molecule has 0 aliphatic rings. The molecule has 0 bridgehead atoms. The molecule has 4 heteroatoms. The summed E-state index contributed by atoms with van der Waals surface area (Å²) in [6, 6.07) is 3.53. The molecule has 0 spiro atoms. The van der Waals surface area contributed by atoms with E-state index in [2.05, 4.69) is 9.72 Å². The number of pyridine rings is 1. The van der Waals surface area contributed by atoms with Crippen LogP contribution < -0.4 is 0 Å². The summed E-state index contributed by atoms with van der Waals surface area (Å²) in [5, 5.41) is 8.93. The number of methoxy groups -OCH3 is 1. The first-order valence-corrected chi connectivity index (χ1v) is 4.80. The van der Waals surface area contributed by atoms with Gasteiger partial charge >= 0.3 is 5.97 Å². The largest absolute Gasteiger partial charge is 0.469 e. The van der Waals surface area contributed by atoms with Crippen LogP contribution in [0.3, 0.4) is 0 Å². The first kappa shape index (κ1) is 11.7. The molecule has 0 aliphatic heterocycles. The number of rotatable bonds is 4. The van der Waals surface area contributed by atoms with Gasteiger partial charge in [0.1, 0.15) is 0 Å². The van der Waals surface area contributed by atoms with E-state index < -0.39 is 0 Å². The summed E-state index contributed by atoms with van der Waals surface area (Å²) in [4.78, 5) is 15.3. The molecule has 0 aliphatic carbocycles. The molecule has 0 amide bonds. The van der Waals surface area contributed by atoms with E-state index in [0.29, 0.717) is 6.42 Å². The molecule has 1 aromatic heterocycles. The van der Waals surface area contributed by atoms with Gasteiger partial charge in [0, 0.05) is 18.3 Å². The maximum Gasteiger partial charge on any atom is 0.308 e. The fourth-order valence-corrected chi connectivity index (χ4v) is 1.34. The lowest BCUT2D eigenvalue weighted by molar-refractivity contribution is -0.144. The monoisotopic (exact) mass is 209 g/mol. The van der Waals surface area contributed by atoms with Gasteiger partial charge in [-0.1, -0.05) is 6.92 Å². The van der Waals surface area contributed by atoms with E-state index in [0.717, 1.165) is 11.3 Å². The summed E-state index contributed by atoms with van der Waals surface area (Å²) in [6.45, 7) is 1.78. The van der Waals surface area contributed by atoms with Gasteiger partial charge < -0.3 is 9.84 Å². The number of carbonyl (C=O) groups is 1. The third kappa shape index (κ3) is 3.32. The van der Waals surface area contributed by atoms with Crippen LogP contribution in [0, 0.1) is 5.92 Å².